The number of quaternary nitrogens is 1. The number of hydrogen-bond donors (Lipinski definition) is 2. The molecule has 8 heteroatoms. The van der Waals surface area contributed by atoms with E-state index in [0.717, 1.165) is 38.5 Å². The lowest BCUT2D eigenvalue weighted by atomic mass is 9.84. The Morgan fingerprint density at radius 3 is 2.80 bits per heavy atom. The summed E-state index contributed by atoms with van der Waals surface area (Å²) in [5.74, 6) is -0.962. The molecule has 0 unspecified atom stereocenters. The van der Waals surface area contributed by atoms with E-state index < -0.39 is 11.7 Å². The topological polar surface area (TPSA) is 94.7 Å². The number of aryl methyl sites for hydroxylation is 1. The van der Waals surface area contributed by atoms with E-state index in [-0.39, 0.29) is 17.0 Å². The number of morpholine rings is 1. The van der Waals surface area contributed by atoms with Crippen molar-refractivity contribution in [1.29, 1.82) is 5.26 Å². The lowest BCUT2D eigenvalue weighted by Gasteiger charge is -2.28. The standard InChI is InChI=1S/C22H23FN4O3/c1-14-11-18-20(22(28)27(14)6-5-26-7-9-29-10-8-26)19(17(13-24)21(25)30-18)15-3-2-4-16(23)12-15/h2-4,11-12,19H,5-10,25H2,1H3/p+1/t19-/m0/s1. The van der Waals surface area contributed by atoms with E-state index in [1.807, 2.05) is 13.0 Å². The van der Waals surface area contributed by atoms with Crippen LogP contribution in [0, 0.1) is 24.1 Å². The van der Waals surface area contributed by atoms with Crippen LogP contribution in [0.5, 0.6) is 5.75 Å². The van der Waals surface area contributed by atoms with Crippen LogP contribution in [0.15, 0.2) is 46.6 Å². The number of ether oxygens (including phenoxy) is 2. The van der Waals surface area contributed by atoms with Crippen molar-refractivity contribution in [3.05, 3.63) is 74.8 Å². The fourth-order valence-electron chi connectivity index (χ4n) is 4.16. The number of fused-ring (bicyclic) bond motifs is 1. The van der Waals surface area contributed by atoms with Gasteiger partial charge >= 0.3 is 0 Å². The third-order valence-electron chi connectivity index (χ3n) is 5.76. The van der Waals surface area contributed by atoms with Gasteiger partial charge in [-0.1, -0.05) is 12.1 Å². The Hall–Kier alpha value is -3.15. The molecule has 1 saturated heterocycles. The third-order valence-corrected chi connectivity index (χ3v) is 5.76. The minimum Gasteiger partial charge on any atom is -0.440 e. The molecule has 0 amide bonds. The van der Waals surface area contributed by atoms with Gasteiger partial charge in [-0.3, -0.25) is 4.79 Å². The van der Waals surface area contributed by atoms with Crippen molar-refractivity contribution in [2.24, 2.45) is 5.73 Å². The van der Waals surface area contributed by atoms with E-state index >= 15 is 0 Å². The number of nitrogens with one attached hydrogen (secondary N) is 1. The van der Waals surface area contributed by atoms with Crippen molar-refractivity contribution >= 4 is 0 Å². The van der Waals surface area contributed by atoms with Crippen LogP contribution >= 0.6 is 0 Å². The molecule has 2 aliphatic rings. The minimum atomic E-state index is -0.774. The number of hydrogen-bond acceptors (Lipinski definition) is 5. The monoisotopic (exact) mass is 411 g/mol. The molecule has 0 bridgehead atoms. The van der Waals surface area contributed by atoms with Crippen LogP contribution in [0.1, 0.15) is 22.7 Å². The van der Waals surface area contributed by atoms with E-state index in [0.29, 0.717) is 23.4 Å². The number of halogens is 1. The third kappa shape index (κ3) is 3.70. The summed E-state index contributed by atoms with van der Waals surface area (Å²) in [6.45, 7) is 6.42. The smallest absolute Gasteiger partial charge is 0.258 e. The van der Waals surface area contributed by atoms with Gasteiger partial charge in [0.15, 0.2) is 0 Å². The van der Waals surface area contributed by atoms with Crippen LogP contribution in [0.25, 0.3) is 0 Å². The Balaban J connectivity index is 1.78. The number of nitrogens with zero attached hydrogens (tertiary/aromatic N) is 2. The summed E-state index contributed by atoms with van der Waals surface area (Å²) in [6.07, 6.45) is 0. The van der Waals surface area contributed by atoms with Crippen molar-refractivity contribution in [3.8, 4) is 11.8 Å². The van der Waals surface area contributed by atoms with Crippen LogP contribution in [0.2, 0.25) is 0 Å². The largest absolute Gasteiger partial charge is 0.440 e. The van der Waals surface area contributed by atoms with Gasteiger partial charge in [0.25, 0.3) is 5.56 Å². The molecule has 156 valence electrons. The van der Waals surface area contributed by atoms with Gasteiger partial charge in [0.2, 0.25) is 5.88 Å². The summed E-state index contributed by atoms with van der Waals surface area (Å²) in [5, 5.41) is 9.69. The molecule has 0 aliphatic carbocycles. The fourth-order valence-corrected chi connectivity index (χ4v) is 4.16. The van der Waals surface area contributed by atoms with Crippen LogP contribution in [0.3, 0.4) is 0 Å². The summed E-state index contributed by atoms with van der Waals surface area (Å²) in [7, 11) is 0. The molecule has 0 saturated carbocycles. The molecular formula is C22H24FN4O3+. The zero-order chi connectivity index (χ0) is 21.3. The van der Waals surface area contributed by atoms with Gasteiger partial charge in [-0.25, -0.2) is 4.39 Å². The Labute approximate surface area is 173 Å². The quantitative estimate of drug-likeness (QED) is 0.761. The number of nitriles is 1. The summed E-state index contributed by atoms with van der Waals surface area (Å²) in [5.41, 5.74) is 7.40. The minimum absolute atomic E-state index is 0.0615. The van der Waals surface area contributed by atoms with E-state index in [9.17, 15) is 14.4 Å². The second-order valence-electron chi connectivity index (χ2n) is 7.61. The number of nitrogens with two attached hydrogens (primary N) is 1. The summed E-state index contributed by atoms with van der Waals surface area (Å²) < 4.78 is 26.7. The maximum absolute atomic E-state index is 13.9. The Morgan fingerprint density at radius 1 is 1.33 bits per heavy atom. The predicted octanol–water partition coefficient (Wildman–Crippen LogP) is 0.429. The van der Waals surface area contributed by atoms with Crippen molar-refractivity contribution in [1.82, 2.24) is 4.57 Å². The number of pyridine rings is 1. The molecule has 1 fully saturated rings. The van der Waals surface area contributed by atoms with E-state index in [1.54, 1.807) is 22.8 Å². The Bertz CT molecular complexity index is 1100. The summed E-state index contributed by atoms with van der Waals surface area (Å²) in [4.78, 5) is 14.9. The van der Waals surface area contributed by atoms with Crippen molar-refractivity contribution < 1.29 is 18.8 Å². The first-order valence-electron chi connectivity index (χ1n) is 9.98. The second-order valence-corrected chi connectivity index (χ2v) is 7.61. The van der Waals surface area contributed by atoms with Crippen LogP contribution in [-0.2, 0) is 11.3 Å². The lowest BCUT2D eigenvalue weighted by Crippen LogP contribution is -3.14. The predicted molar refractivity (Wildman–Crippen MR) is 108 cm³/mol. The molecule has 1 aromatic carbocycles. The number of aromatic nitrogens is 1. The molecule has 2 aliphatic heterocycles. The highest BCUT2D eigenvalue weighted by Gasteiger charge is 2.34. The Kier molecular flexibility index (Phi) is 5.57. The molecule has 3 N–H and O–H groups in total. The Morgan fingerprint density at radius 2 is 2.10 bits per heavy atom. The van der Waals surface area contributed by atoms with Crippen molar-refractivity contribution in [2.75, 3.05) is 32.8 Å². The van der Waals surface area contributed by atoms with Crippen LogP contribution < -0.4 is 20.9 Å². The SMILES string of the molecule is Cc1cc2c(c(=O)n1CC[NH+]1CCOCC1)[C@@H](c1cccc(F)c1)C(C#N)=C(N)O2. The molecule has 3 heterocycles. The first kappa shape index (κ1) is 20.1. The number of rotatable bonds is 4. The van der Waals surface area contributed by atoms with E-state index in [4.69, 9.17) is 15.2 Å². The maximum Gasteiger partial charge on any atom is 0.258 e. The van der Waals surface area contributed by atoms with Crippen LogP contribution in [0.4, 0.5) is 4.39 Å². The highest BCUT2D eigenvalue weighted by atomic mass is 19.1. The van der Waals surface area contributed by atoms with Gasteiger partial charge < -0.3 is 24.7 Å². The normalized spacial score (nSPS) is 19.2. The highest BCUT2D eigenvalue weighted by molar-refractivity contribution is 5.55. The number of allylic oxidation sites excluding steroid dienone is 1. The molecule has 7 nitrogen and oxygen atoms in total. The van der Waals surface area contributed by atoms with Crippen molar-refractivity contribution in [3.63, 3.8) is 0 Å². The molecule has 1 aromatic heterocycles. The first-order chi connectivity index (χ1) is 14.5. The van der Waals surface area contributed by atoms with Gasteiger partial charge in [0.05, 0.1) is 37.8 Å². The molecule has 1 atom stereocenters. The van der Waals surface area contributed by atoms with Gasteiger partial charge in [0, 0.05) is 11.8 Å². The van der Waals surface area contributed by atoms with Gasteiger partial charge in [0.1, 0.15) is 36.3 Å². The average Bonchev–Trinajstić information content (AvgIpc) is 2.73. The molecular weight excluding hydrogens is 387 g/mol. The molecule has 2 aromatic rings. The second kappa shape index (κ2) is 8.30. The zero-order valence-corrected chi connectivity index (χ0v) is 16.8. The molecule has 0 spiro atoms. The molecule has 30 heavy (non-hydrogen) atoms. The van der Waals surface area contributed by atoms with Gasteiger partial charge in [-0.2, -0.15) is 5.26 Å². The van der Waals surface area contributed by atoms with Gasteiger partial charge in [-0.05, 0) is 24.6 Å². The molecule has 0 radical (unpaired) electrons. The number of benzene rings is 1. The maximum atomic E-state index is 13.9. The first-order valence-corrected chi connectivity index (χ1v) is 9.98. The molecule has 4 rings (SSSR count). The van der Waals surface area contributed by atoms with Crippen LogP contribution in [-0.4, -0.2) is 37.4 Å². The average molecular weight is 411 g/mol. The highest BCUT2D eigenvalue weighted by Crippen LogP contribution is 2.40. The van der Waals surface area contributed by atoms with E-state index in [1.165, 1.54) is 17.0 Å². The fraction of sp³-hybridized carbons (Fsp3) is 0.364. The zero-order valence-electron chi connectivity index (χ0n) is 16.8. The summed E-state index contributed by atoms with van der Waals surface area (Å²) in [6, 6.07) is 9.70. The summed E-state index contributed by atoms with van der Waals surface area (Å²) >= 11 is 0. The lowest BCUT2D eigenvalue weighted by molar-refractivity contribution is -0.908. The van der Waals surface area contributed by atoms with E-state index in [2.05, 4.69) is 0 Å². The van der Waals surface area contributed by atoms with Crippen molar-refractivity contribution in [2.45, 2.75) is 19.4 Å². The van der Waals surface area contributed by atoms with Gasteiger partial charge in [-0.15, -0.1) is 0 Å².